The Balaban J connectivity index is 2.70. The summed E-state index contributed by atoms with van der Waals surface area (Å²) in [5.41, 5.74) is -0.392. The molecule has 0 atom stereocenters. The number of nitro groups is 1. The van der Waals surface area contributed by atoms with Gasteiger partial charge in [0.1, 0.15) is 12.4 Å². The van der Waals surface area contributed by atoms with Crippen molar-refractivity contribution in [3.05, 3.63) is 33.9 Å². The molecular formula is C9H8F3NO4. The Hall–Kier alpha value is -1.83. The molecule has 1 rings (SSSR count). The summed E-state index contributed by atoms with van der Waals surface area (Å²) < 4.78 is 39.6. The van der Waals surface area contributed by atoms with E-state index in [4.69, 9.17) is 0 Å². The molecule has 0 aromatic heterocycles. The van der Waals surface area contributed by atoms with Crippen LogP contribution in [0.2, 0.25) is 0 Å². The SMILES string of the molecule is O=[N+]([O-])c1ccc(O)c(COCC(F)(F)F)c1. The third kappa shape index (κ3) is 4.27. The van der Waals surface area contributed by atoms with Crippen molar-refractivity contribution >= 4 is 5.69 Å². The van der Waals surface area contributed by atoms with Crippen LogP contribution in [0.25, 0.3) is 0 Å². The van der Waals surface area contributed by atoms with Gasteiger partial charge in [-0.2, -0.15) is 13.2 Å². The Kier molecular flexibility index (Phi) is 3.89. The van der Waals surface area contributed by atoms with Gasteiger partial charge in [-0.15, -0.1) is 0 Å². The number of halogens is 3. The third-order valence-corrected chi connectivity index (χ3v) is 1.80. The normalized spacial score (nSPS) is 11.5. The molecule has 0 saturated carbocycles. The number of hydrogen-bond donors (Lipinski definition) is 1. The smallest absolute Gasteiger partial charge is 0.411 e. The van der Waals surface area contributed by atoms with Crippen LogP contribution in [0.4, 0.5) is 18.9 Å². The van der Waals surface area contributed by atoms with E-state index in [2.05, 4.69) is 4.74 Å². The van der Waals surface area contributed by atoms with Crippen LogP contribution in [0.1, 0.15) is 5.56 Å². The lowest BCUT2D eigenvalue weighted by molar-refractivity contribution is -0.385. The van der Waals surface area contributed by atoms with Crippen molar-refractivity contribution in [2.45, 2.75) is 12.8 Å². The zero-order chi connectivity index (χ0) is 13.1. The number of hydrogen-bond acceptors (Lipinski definition) is 4. The first-order chi connectivity index (χ1) is 7.79. The van der Waals surface area contributed by atoms with Gasteiger partial charge in [0.15, 0.2) is 0 Å². The van der Waals surface area contributed by atoms with E-state index < -0.39 is 24.3 Å². The molecule has 0 unspecified atom stereocenters. The molecule has 0 fully saturated rings. The topological polar surface area (TPSA) is 72.6 Å². The Labute approximate surface area is 93.6 Å². The Morgan fingerprint density at radius 3 is 2.59 bits per heavy atom. The summed E-state index contributed by atoms with van der Waals surface area (Å²) in [6, 6.07) is 3.04. The van der Waals surface area contributed by atoms with E-state index in [-0.39, 0.29) is 17.0 Å². The van der Waals surface area contributed by atoms with Gasteiger partial charge in [0.25, 0.3) is 5.69 Å². The van der Waals surface area contributed by atoms with E-state index in [9.17, 15) is 28.4 Å². The van der Waals surface area contributed by atoms with Crippen LogP contribution < -0.4 is 0 Å². The zero-order valence-corrected chi connectivity index (χ0v) is 8.40. The Morgan fingerprint density at radius 2 is 2.06 bits per heavy atom. The lowest BCUT2D eigenvalue weighted by atomic mass is 10.2. The first-order valence-corrected chi connectivity index (χ1v) is 4.40. The molecule has 1 aromatic rings. The van der Waals surface area contributed by atoms with E-state index >= 15 is 0 Å². The van der Waals surface area contributed by atoms with E-state index in [0.717, 1.165) is 18.2 Å². The van der Waals surface area contributed by atoms with Crippen LogP contribution in [0.15, 0.2) is 18.2 Å². The quantitative estimate of drug-likeness (QED) is 0.658. The number of ether oxygens (including phenoxy) is 1. The van der Waals surface area contributed by atoms with Crippen molar-refractivity contribution in [1.82, 2.24) is 0 Å². The maximum Gasteiger partial charge on any atom is 0.411 e. The number of phenolic OH excluding ortho intramolecular Hbond substituents is 1. The molecule has 0 aliphatic rings. The molecule has 0 aliphatic carbocycles. The predicted octanol–water partition coefficient (Wildman–Crippen LogP) is 2.38. The highest BCUT2D eigenvalue weighted by Crippen LogP contribution is 2.24. The van der Waals surface area contributed by atoms with Gasteiger partial charge in [-0.05, 0) is 6.07 Å². The van der Waals surface area contributed by atoms with Gasteiger partial charge >= 0.3 is 6.18 Å². The summed E-state index contributed by atoms with van der Waals surface area (Å²) >= 11 is 0. The zero-order valence-electron chi connectivity index (χ0n) is 8.40. The molecule has 0 amide bonds. The van der Waals surface area contributed by atoms with Gasteiger partial charge in [0.05, 0.1) is 11.5 Å². The van der Waals surface area contributed by atoms with Gasteiger partial charge in [-0.1, -0.05) is 0 Å². The highest BCUT2D eigenvalue weighted by atomic mass is 19.4. The number of non-ortho nitro benzene ring substituents is 1. The van der Waals surface area contributed by atoms with Crippen LogP contribution in [-0.2, 0) is 11.3 Å². The number of alkyl halides is 3. The van der Waals surface area contributed by atoms with Gasteiger partial charge in [-0.3, -0.25) is 10.1 Å². The first-order valence-electron chi connectivity index (χ1n) is 4.40. The van der Waals surface area contributed by atoms with Crippen LogP contribution in [0.3, 0.4) is 0 Å². The first kappa shape index (κ1) is 13.2. The number of phenols is 1. The molecule has 8 heteroatoms. The van der Waals surface area contributed by atoms with Crippen LogP contribution in [0.5, 0.6) is 5.75 Å². The second-order valence-electron chi connectivity index (χ2n) is 3.18. The van der Waals surface area contributed by atoms with E-state index in [1.165, 1.54) is 0 Å². The van der Waals surface area contributed by atoms with Crippen molar-refractivity contribution in [1.29, 1.82) is 0 Å². The third-order valence-electron chi connectivity index (χ3n) is 1.80. The lowest BCUT2D eigenvalue weighted by Crippen LogP contribution is -2.16. The molecule has 17 heavy (non-hydrogen) atoms. The molecule has 1 N–H and O–H groups in total. The molecule has 1 aromatic carbocycles. The summed E-state index contributed by atoms with van der Waals surface area (Å²) in [6.45, 7) is -2.03. The minimum Gasteiger partial charge on any atom is -0.508 e. The summed E-state index contributed by atoms with van der Waals surface area (Å²) in [5.74, 6) is -0.349. The van der Waals surface area contributed by atoms with E-state index in [0.29, 0.717) is 0 Å². The molecule has 0 saturated heterocycles. The number of rotatable bonds is 4. The summed E-state index contributed by atoms with van der Waals surface area (Å²) in [4.78, 5) is 9.69. The average molecular weight is 251 g/mol. The Morgan fingerprint density at radius 1 is 1.41 bits per heavy atom. The standard InChI is InChI=1S/C9H8F3NO4/c10-9(11,12)5-17-4-6-3-7(13(15)16)1-2-8(6)14/h1-3,14H,4-5H2. The molecule has 94 valence electrons. The van der Waals surface area contributed by atoms with Gasteiger partial charge in [0, 0.05) is 17.7 Å². The van der Waals surface area contributed by atoms with Gasteiger partial charge in [-0.25, -0.2) is 0 Å². The van der Waals surface area contributed by atoms with Crippen LogP contribution in [0, 0.1) is 10.1 Å². The number of aromatic hydroxyl groups is 1. The molecule has 0 radical (unpaired) electrons. The monoisotopic (exact) mass is 251 g/mol. The summed E-state index contributed by atoms with van der Waals surface area (Å²) in [5, 5.41) is 19.7. The average Bonchev–Trinajstić information content (AvgIpc) is 2.18. The molecule has 0 bridgehead atoms. The van der Waals surface area contributed by atoms with Crippen molar-refractivity contribution in [2.75, 3.05) is 6.61 Å². The van der Waals surface area contributed by atoms with Crippen LogP contribution >= 0.6 is 0 Å². The number of nitrogens with zero attached hydrogens (tertiary/aromatic N) is 1. The minimum absolute atomic E-state index is 0.0662. The van der Waals surface area contributed by atoms with Crippen molar-refractivity contribution in [3.63, 3.8) is 0 Å². The minimum atomic E-state index is -4.48. The van der Waals surface area contributed by atoms with Crippen molar-refractivity contribution in [2.24, 2.45) is 0 Å². The number of nitro benzene ring substituents is 1. The second kappa shape index (κ2) is 5.00. The van der Waals surface area contributed by atoms with Gasteiger partial charge in [0.2, 0.25) is 0 Å². The molecule has 0 spiro atoms. The largest absolute Gasteiger partial charge is 0.508 e. The number of benzene rings is 1. The maximum absolute atomic E-state index is 11.8. The molecular weight excluding hydrogens is 243 g/mol. The fourth-order valence-electron chi connectivity index (χ4n) is 1.08. The van der Waals surface area contributed by atoms with Crippen LogP contribution in [-0.4, -0.2) is 22.8 Å². The summed E-state index contributed by atoms with van der Waals surface area (Å²) in [7, 11) is 0. The predicted molar refractivity (Wildman–Crippen MR) is 50.5 cm³/mol. The fraction of sp³-hybridized carbons (Fsp3) is 0.333. The van der Waals surface area contributed by atoms with Gasteiger partial charge < -0.3 is 9.84 Å². The van der Waals surface area contributed by atoms with Crippen molar-refractivity contribution < 1.29 is 27.9 Å². The fourth-order valence-corrected chi connectivity index (χ4v) is 1.08. The molecule has 0 heterocycles. The van der Waals surface area contributed by atoms with E-state index in [1.807, 2.05) is 0 Å². The second-order valence-corrected chi connectivity index (χ2v) is 3.18. The summed E-state index contributed by atoms with van der Waals surface area (Å²) in [6.07, 6.45) is -4.48. The molecule has 0 aliphatic heterocycles. The molecule has 5 nitrogen and oxygen atoms in total. The Bertz CT molecular complexity index is 419. The van der Waals surface area contributed by atoms with Crippen molar-refractivity contribution in [3.8, 4) is 5.75 Å². The highest BCUT2D eigenvalue weighted by molar-refractivity contribution is 5.42. The van der Waals surface area contributed by atoms with E-state index in [1.54, 1.807) is 0 Å². The lowest BCUT2D eigenvalue weighted by Gasteiger charge is -2.08. The maximum atomic E-state index is 11.8. The highest BCUT2D eigenvalue weighted by Gasteiger charge is 2.27.